The molecule has 0 saturated carbocycles. The molecule has 0 radical (unpaired) electrons. The van der Waals surface area contributed by atoms with E-state index in [0.29, 0.717) is 46.8 Å². The Bertz CT molecular complexity index is 1980. The number of fused-ring (bicyclic) bond motifs is 3. The van der Waals surface area contributed by atoms with Crippen LogP contribution in [0.2, 0.25) is 0 Å². The number of nitrogens with zero attached hydrogens (tertiary/aromatic N) is 5. The highest BCUT2D eigenvalue weighted by molar-refractivity contribution is 8.00. The summed E-state index contributed by atoms with van der Waals surface area (Å²) >= 11 is 1.53. The van der Waals surface area contributed by atoms with Crippen LogP contribution in [0.4, 0.5) is 16.3 Å². The standard InChI is InChI=1S/C31H33N7O4S2/c1-31(2,3)26-18-27(36-42-26)35-29(39)33-22-8-5-21(6-9-22)7-10-23-20-38-28-25(43-30(38)34-23)17-24(19-32-28)41-14-11-37-12-15-44(4,40)16-13-37/h5-6,8-9,17-20H,4,11-16H2,1-3H3,(H2,33,35,36,39). The lowest BCUT2D eigenvalue weighted by molar-refractivity contribution is 0.220. The molecule has 0 bridgehead atoms. The average molecular weight is 632 g/mol. The first kappa shape index (κ1) is 29.7. The van der Waals surface area contributed by atoms with Gasteiger partial charge in [-0.25, -0.2) is 14.8 Å². The first-order chi connectivity index (χ1) is 21.0. The zero-order valence-corrected chi connectivity index (χ0v) is 26.4. The molecule has 5 aromatic rings. The van der Waals surface area contributed by atoms with Gasteiger partial charge in [-0.05, 0) is 45.6 Å². The minimum Gasteiger partial charge on any atom is -0.491 e. The van der Waals surface area contributed by atoms with Gasteiger partial charge in [0, 0.05) is 66.1 Å². The van der Waals surface area contributed by atoms with E-state index in [9.17, 15) is 9.00 Å². The second-order valence-corrected chi connectivity index (χ2v) is 15.4. The molecule has 2 amide bonds. The van der Waals surface area contributed by atoms with E-state index in [0.717, 1.165) is 40.5 Å². The number of hydrogen-bond acceptors (Lipinski definition) is 9. The minimum atomic E-state index is -1.89. The number of aromatic nitrogens is 4. The number of pyridine rings is 1. The lowest BCUT2D eigenvalue weighted by Gasteiger charge is -2.28. The summed E-state index contributed by atoms with van der Waals surface area (Å²) in [6.45, 7) is 8.93. The minimum absolute atomic E-state index is 0.201. The van der Waals surface area contributed by atoms with Gasteiger partial charge in [-0.1, -0.05) is 43.2 Å². The van der Waals surface area contributed by atoms with Crippen LogP contribution < -0.4 is 15.4 Å². The summed E-state index contributed by atoms with van der Waals surface area (Å²) in [6.07, 6.45) is 3.60. The van der Waals surface area contributed by atoms with Gasteiger partial charge >= 0.3 is 6.03 Å². The molecule has 0 spiro atoms. The van der Waals surface area contributed by atoms with Crippen LogP contribution in [0, 0.1) is 11.8 Å². The van der Waals surface area contributed by atoms with Gasteiger partial charge in [0.15, 0.2) is 16.4 Å². The molecule has 1 saturated heterocycles. The highest BCUT2D eigenvalue weighted by Crippen LogP contribution is 2.28. The number of carbonyl (C=O) groups is 1. The van der Waals surface area contributed by atoms with Gasteiger partial charge in [0.2, 0.25) is 0 Å². The second kappa shape index (κ2) is 12.0. The van der Waals surface area contributed by atoms with Gasteiger partial charge in [0.1, 0.15) is 23.8 Å². The average Bonchev–Trinajstić information content (AvgIpc) is 3.68. The zero-order chi connectivity index (χ0) is 30.9. The fourth-order valence-corrected chi connectivity index (χ4v) is 6.94. The number of nitrogens with one attached hydrogen (secondary N) is 2. The van der Waals surface area contributed by atoms with Crippen molar-refractivity contribution in [1.82, 2.24) is 24.4 Å². The van der Waals surface area contributed by atoms with E-state index < -0.39 is 15.6 Å². The summed E-state index contributed by atoms with van der Waals surface area (Å²) in [5, 5.41) is 9.36. The molecule has 6 rings (SSSR count). The Hall–Kier alpha value is -4.38. The van der Waals surface area contributed by atoms with Gasteiger partial charge in [-0.3, -0.25) is 18.8 Å². The smallest absolute Gasteiger partial charge is 0.324 e. The van der Waals surface area contributed by atoms with Crippen LogP contribution in [-0.4, -0.2) is 78.3 Å². The summed E-state index contributed by atoms with van der Waals surface area (Å²) in [6, 6.07) is 10.5. The molecule has 1 aliphatic rings. The Morgan fingerprint density at radius 2 is 1.93 bits per heavy atom. The predicted octanol–water partition coefficient (Wildman–Crippen LogP) is 4.68. The Balaban J connectivity index is 1.03. The van der Waals surface area contributed by atoms with Gasteiger partial charge in [-0.15, -0.1) is 0 Å². The van der Waals surface area contributed by atoms with E-state index in [-0.39, 0.29) is 5.41 Å². The number of amides is 2. The van der Waals surface area contributed by atoms with Crippen LogP contribution in [-0.2, 0) is 14.9 Å². The summed E-state index contributed by atoms with van der Waals surface area (Å²) in [7, 11) is -1.89. The van der Waals surface area contributed by atoms with Gasteiger partial charge < -0.3 is 14.6 Å². The van der Waals surface area contributed by atoms with Crippen molar-refractivity contribution in [2.45, 2.75) is 26.2 Å². The lowest BCUT2D eigenvalue weighted by atomic mass is 9.93. The lowest BCUT2D eigenvalue weighted by Crippen LogP contribution is -2.41. The fraction of sp³-hybridized carbons (Fsp3) is 0.323. The van der Waals surface area contributed by atoms with Crippen molar-refractivity contribution in [3.63, 3.8) is 0 Å². The van der Waals surface area contributed by atoms with Crippen LogP contribution in [0.25, 0.3) is 15.3 Å². The highest BCUT2D eigenvalue weighted by Gasteiger charge is 2.20. The summed E-state index contributed by atoms with van der Waals surface area (Å²) in [5.74, 6) is 13.1. The third-order valence-corrected chi connectivity index (χ3v) is 9.96. The molecule has 1 aliphatic heterocycles. The number of rotatable bonds is 6. The summed E-state index contributed by atoms with van der Waals surface area (Å²) < 4.78 is 26.2. The van der Waals surface area contributed by atoms with E-state index in [4.69, 9.17) is 9.26 Å². The quantitative estimate of drug-likeness (QED) is 0.204. The monoisotopic (exact) mass is 631 g/mol. The molecule has 11 nitrogen and oxygen atoms in total. The third kappa shape index (κ3) is 7.05. The van der Waals surface area contributed by atoms with Crippen molar-refractivity contribution < 1.29 is 18.3 Å². The molecule has 5 heterocycles. The van der Waals surface area contributed by atoms with E-state index in [1.807, 2.05) is 49.6 Å². The van der Waals surface area contributed by atoms with Crippen molar-refractivity contribution in [3.05, 3.63) is 65.8 Å². The number of hydrogen-bond donors (Lipinski definition) is 2. The molecule has 228 valence electrons. The normalized spacial score (nSPS) is 15.2. The molecule has 1 aromatic carbocycles. The molecule has 4 aromatic heterocycles. The molecule has 0 atom stereocenters. The molecule has 1 fully saturated rings. The number of carbonyl (C=O) groups excluding carboxylic acids is 1. The highest BCUT2D eigenvalue weighted by atomic mass is 32.2. The van der Waals surface area contributed by atoms with E-state index in [1.54, 1.807) is 24.4 Å². The van der Waals surface area contributed by atoms with Crippen molar-refractivity contribution in [2.24, 2.45) is 0 Å². The molecular weight excluding hydrogens is 599 g/mol. The van der Waals surface area contributed by atoms with Crippen molar-refractivity contribution in [2.75, 3.05) is 48.4 Å². The number of imidazole rings is 1. The molecule has 13 heteroatoms. The number of benzene rings is 1. The third-order valence-electron chi connectivity index (χ3n) is 7.11. The van der Waals surface area contributed by atoms with E-state index >= 15 is 0 Å². The molecule has 0 aliphatic carbocycles. The van der Waals surface area contributed by atoms with Crippen molar-refractivity contribution in [1.29, 1.82) is 0 Å². The Morgan fingerprint density at radius 1 is 1.16 bits per heavy atom. The van der Waals surface area contributed by atoms with E-state index in [1.165, 1.54) is 11.3 Å². The first-order valence-corrected chi connectivity index (χ1v) is 17.0. The van der Waals surface area contributed by atoms with Crippen LogP contribution in [0.15, 0.2) is 53.3 Å². The zero-order valence-electron chi connectivity index (χ0n) is 24.8. The topological polar surface area (TPSA) is 127 Å². The van der Waals surface area contributed by atoms with E-state index in [2.05, 4.69) is 48.4 Å². The number of urea groups is 1. The van der Waals surface area contributed by atoms with Crippen LogP contribution in [0.5, 0.6) is 5.75 Å². The first-order valence-electron chi connectivity index (χ1n) is 14.1. The molecule has 2 N–H and O–H groups in total. The van der Waals surface area contributed by atoms with Gasteiger partial charge in [0.05, 0.1) is 10.9 Å². The second-order valence-electron chi connectivity index (χ2n) is 11.7. The van der Waals surface area contributed by atoms with Crippen LogP contribution in [0.3, 0.4) is 0 Å². The van der Waals surface area contributed by atoms with Crippen LogP contribution >= 0.6 is 11.3 Å². The van der Waals surface area contributed by atoms with Gasteiger partial charge in [-0.2, -0.15) is 0 Å². The fourth-order valence-electron chi connectivity index (χ4n) is 4.56. The van der Waals surface area contributed by atoms with Crippen LogP contribution in [0.1, 0.15) is 37.8 Å². The Morgan fingerprint density at radius 3 is 2.66 bits per heavy atom. The largest absolute Gasteiger partial charge is 0.491 e. The predicted molar refractivity (Wildman–Crippen MR) is 176 cm³/mol. The maximum atomic E-state index is 12.4. The number of ether oxygens (including phenoxy) is 1. The maximum absolute atomic E-state index is 12.4. The SMILES string of the molecule is C=S1(=O)CCN(CCOc2cnc3c(c2)sc2nc(C#Cc4ccc(NC(=O)Nc5cc(C(C)(C)C)on5)cc4)cn23)CC1. The molecular formula is C31H33N7O4S2. The van der Waals surface area contributed by atoms with Crippen molar-refractivity contribution in [3.8, 4) is 17.6 Å². The maximum Gasteiger partial charge on any atom is 0.324 e. The summed E-state index contributed by atoms with van der Waals surface area (Å²) in [5.41, 5.74) is 2.64. The van der Waals surface area contributed by atoms with Crippen molar-refractivity contribution >= 4 is 59.6 Å². The Kier molecular flexibility index (Phi) is 8.06. The Labute approximate surface area is 259 Å². The molecule has 44 heavy (non-hydrogen) atoms. The number of thiazole rings is 1. The molecule has 0 unspecified atom stereocenters. The number of anilines is 2. The summed E-state index contributed by atoms with van der Waals surface area (Å²) in [4.78, 5) is 24.7. The van der Waals surface area contributed by atoms with Gasteiger partial charge in [0.25, 0.3) is 0 Å².